The molecule has 0 radical (unpaired) electrons. The maximum atomic E-state index is 11.2. The highest BCUT2D eigenvalue weighted by Gasteiger charge is 2.38. The lowest BCUT2D eigenvalue weighted by Crippen LogP contribution is -2.18. The van der Waals surface area contributed by atoms with Crippen LogP contribution in [-0.2, 0) is 19.0 Å². The number of ether oxygens (including phenoxy) is 3. The zero-order chi connectivity index (χ0) is 9.97. The summed E-state index contributed by atoms with van der Waals surface area (Å²) in [5, 5.41) is 3.06. The van der Waals surface area contributed by atoms with E-state index in [1.54, 1.807) is 6.92 Å². The molecule has 0 saturated carbocycles. The van der Waals surface area contributed by atoms with E-state index in [2.05, 4.69) is 5.32 Å². The standard InChI is InChI=1S/C9H13NO4/c1-2-12-8(11)3-6-9-7(4-10-6)13-5-14-9/h3,7,9-10H,2,4-5H2,1H3/b6-3+/t7-,9+/m1/s1. The van der Waals surface area contributed by atoms with Crippen molar-refractivity contribution >= 4 is 5.97 Å². The lowest BCUT2D eigenvalue weighted by atomic mass is 10.2. The maximum Gasteiger partial charge on any atom is 0.332 e. The first kappa shape index (κ1) is 9.48. The van der Waals surface area contributed by atoms with Crippen LogP contribution in [0.3, 0.4) is 0 Å². The third-order valence-electron chi connectivity index (χ3n) is 2.24. The van der Waals surface area contributed by atoms with E-state index >= 15 is 0 Å². The molecular formula is C9H13NO4. The molecule has 2 heterocycles. The SMILES string of the molecule is CCOC(=O)/C=C1/NC[C@H]2OCO[C@@H]12. The molecule has 0 aromatic carbocycles. The summed E-state index contributed by atoms with van der Waals surface area (Å²) in [5.41, 5.74) is 0.756. The fraction of sp³-hybridized carbons (Fsp3) is 0.667. The predicted octanol–water partition coefficient (Wildman–Crippen LogP) is -0.222. The van der Waals surface area contributed by atoms with Gasteiger partial charge in [0.2, 0.25) is 0 Å². The van der Waals surface area contributed by atoms with Crippen LogP contribution < -0.4 is 5.32 Å². The summed E-state index contributed by atoms with van der Waals surface area (Å²) in [4.78, 5) is 11.2. The average Bonchev–Trinajstić information content (AvgIpc) is 2.70. The third-order valence-corrected chi connectivity index (χ3v) is 2.24. The normalized spacial score (nSPS) is 32.8. The van der Waals surface area contributed by atoms with Gasteiger partial charge in [0.25, 0.3) is 0 Å². The van der Waals surface area contributed by atoms with E-state index < -0.39 is 0 Å². The van der Waals surface area contributed by atoms with Crippen LogP contribution in [0, 0.1) is 0 Å². The molecule has 0 spiro atoms. The van der Waals surface area contributed by atoms with Gasteiger partial charge in [-0.15, -0.1) is 0 Å². The first-order chi connectivity index (χ1) is 6.81. The van der Waals surface area contributed by atoms with Crippen LogP contribution in [0.5, 0.6) is 0 Å². The van der Waals surface area contributed by atoms with Crippen LogP contribution in [0.15, 0.2) is 11.8 Å². The van der Waals surface area contributed by atoms with Crippen LogP contribution in [0.4, 0.5) is 0 Å². The highest BCUT2D eigenvalue weighted by Crippen LogP contribution is 2.23. The van der Waals surface area contributed by atoms with Crippen molar-refractivity contribution in [3.63, 3.8) is 0 Å². The van der Waals surface area contributed by atoms with Crippen molar-refractivity contribution in [1.82, 2.24) is 5.32 Å². The summed E-state index contributed by atoms with van der Waals surface area (Å²) in [6.07, 6.45) is 1.35. The van der Waals surface area contributed by atoms with Crippen molar-refractivity contribution in [1.29, 1.82) is 0 Å². The summed E-state index contributed by atoms with van der Waals surface area (Å²) in [7, 11) is 0. The molecule has 1 N–H and O–H groups in total. The van der Waals surface area contributed by atoms with Gasteiger partial charge >= 0.3 is 5.97 Å². The molecule has 14 heavy (non-hydrogen) atoms. The van der Waals surface area contributed by atoms with Gasteiger partial charge in [-0.3, -0.25) is 0 Å². The summed E-state index contributed by atoms with van der Waals surface area (Å²) >= 11 is 0. The smallest absolute Gasteiger partial charge is 0.332 e. The van der Waals surface area contributed by atoms with Crippen molar-refractivity contribution in [2.45, 2.75) is 19.1 Å². The summed E-state index contributed by atoms with van der Waals surface area (Å²) in [6.45, 7) is 3.15. The minimum absolute atomic E-state index is 0.0377. The van der Waals surface area contributed by atoms with E-state index in [-0.39, 0.29) is 18.2 Å². The fourth-order valence-electron chi connectivity index (χ4n) is 1.61. The topological polar surface area (TPSA) is 56.8 Å². The Hall–Kier alpha value is -1.07. The number of rotatable bonds is 2. The second-order valence-electron chi connectivity index (χ2n) is 3.14. The Balaban J connectivity index is 2.00. The second kappa shape index (κ2) is 3.98. The monoisotopic (exact) mass is 199 g/mol. The second-order valence-corrected chi connectivity index (χ2v) is 3.14. The molecule has 0 unspecified atom stereocenters. The number of carbonyl (C=O) groups excluding carboxylic acids is 1. The Morgan fingerprint density at radius 2 is 2.57 bits per heavy atom. The number of hydrogen-bond donors (Lipinski definition) is 1. The molecule has 0 aromatic rings. The molecule has 0 aliphatic carbocycles. The van der Waals surface area contributed by atoms with Crippen molar-refractivity contribution in [3.8, 4) is 0 Å². The highest BCUT2D eigenvalue weighted by atomic mass is 16.7. The van der Waals surface area contributed by atoms with E-state index in [0.717, 1.165) is 5.70 Å². The molecule has 2 rings (SSSR count). The molecule has 2 aliphatic heterocycles. The van der Waals surface area contributed by atoms with Gasteiger partial charge in [-0.2, -0.15) is 0 Å². The van der Waals surface area contributed by atoms with Gasteiger partial charge in [-0.25, -0.2) is 4.79 Å². The van der Waals surface area contributed by atoms with Crippen molar-refractivity contribution in [2.75, 3.05) is 19.9 Å². The molecule has 2 saturated heterocycles. The first-order valence-electron chi connectivity index (χ1n) is 4.66. The molecule has 2 fully saturated rings. The molecule has 5 nitrogen and oxygen atoms in total. The quantitative estimate of drug-likeness (QED) is 0.492. The van der Waals surface area contributed by atoms with E-state index in [0.29, 0.717) is 19.9 Å². The Labute approximate surface area is 82.0 Å². The van der Waals surface area contributed by atoms with Crippen LogP contribution in [0.2, 0.25) is 0 Å². The lowest BCUT2D eigenvalue weighted by Gasteiger charge is -2.06. The minimum atomic E-state index is -0.342. The minimum Gasteiger partial charge on any atom is -0.463 e. The fourth-order valence-corrected chi connectivity index (χ4v) is 1.61. The summed E-state index contributed by atoms with van der Waals surface area (Å²) in [6, 6.07) is 0. The predicted molar refractivity (Wildman–Crippen MR) is 47.3 cm³/mol. The van der Waals surface area contributed by atoms with Crippen molar-refractivity contribution in [2.24, 2.45) is 0 Å². The Bertz CT molecular complexity index is 264. The molecule has 0 aromatic heterocycles. The number of hydrogen-bond acceptors (Lipinski definition) is 5. The number of carbonyl (C=O) groups is 1. The number of esters is 1. The third kappa shape index (κ3) is 1.73. The zero-order valence-electron chi connectivity index (χ0n) is 7.99. The van der Waals surface area contributed by atoms with E-state index in [1.807, 2.05) is 0 Å². The molecule has 5 heteroatoms. The largest absolute Gasteiger partial charge is 0.463 e. The molecular weight excluding hydrogens is 186 g/mol. The Morgan fingerprint density at radius 1 is 1.71 bits per heavy atom. The van der Waals surface area contributed by atoms with E-state index in [4.69, 9.17) is 14.2 Å². The Morgan fingerprint density at radius 3 is 3.36 bits per heavy atom. The van der Waals surface area contributed by atoms with Gasteiger partial charge in [0.15, 0.2) is 0 Å². The number of fused-ring (bicyclic) bond motifs is 1. The van der Waals surface area contributed by atoms with Gasteiger partial charge in [-0.05, 0) is 6.92 Å². The summed E-state index contributed by atoms with van der Waals surface area (Å²) in [5.74, 6) is -0.342. The van der Waals surface area contributed by atoms with Crippen molar-refractivity contribution in [3.05, 3.63) is 11.8 Å². The number of nitrogens with one attached hydrogen (secondary N) is 1. The van der Waals surface area contributed by atoms with Crippen molar-refractivity contribution < 1.29 is 19.0 Å². The van der Waals surface area contributed by atoms with Gasteiger partial charge in [0.05, 0.1) is 12.3 Å². The molecule has 78 valence electrons. The molecule has 2 aliphatic rings. The maximum absolute atomic E-state index is 11.2. The van der Waals surface area contributed by atoms with Crippen LogP contribution >= 0.6 is 0 Å². The van der Waals surface area contributed by atoms with E-state index in [9.17, 15) is 4.79 Å². The molecule has 2 atom stereocenters. The summed E-state index contributed by atoms with van der Waals surface area (Å²) < 4.78 is 15.4. The zero-order valence-corrected chi connectivity index (χ0v) is 7.99. The molecule has 0 bridgehead atoms. The van der Waals surface area contributed by atoms with Crippen LogP contribution in [-0.4, -0.2) is 38.1 Å². The Kier molecular flexibility index (Phi) is 2.69. The molecule has 0 amide bonds. The first-order valence-corrected chi connectivity index (χ1v) is 4.66. The van der Waals surface area contributed by atoms with Crippen LogP contribution in [0.25, 0.3) is 0 Å². The van der Waals surface area contributed by atoms with E-state index in [1.165, 1.54) is 6.08 Å². The van der Waals surface area contributed by atoms with Gasteiger partial charge < -0.3 is 19.5 Å². The lowest BCUT2D eigenvalue weighted by molar-refractivity contribution is -0.137. The van der Waals surface area contributed by atoms with Crippen LogP contribution in [0.1, 0.15) is 6.92 Å². The van der Waals surface area contributed by atoms with Gasteiger partial charge in [0, 0.05) is 12.6 Å². The highest BCUT2D eigenvalue weighted by molar-refractivity contribution is 5.83. The average molecular weight is 199 g/mol. The van der Waals surface area contributed by atoms with Gasteiger partial charge in [0.1, 0.15) is 19.0 Å². The van der Waals surface area contributed by atoms with Gasteiger partial charge in [-0.1, -0.05) is 0 Å².